The minimum Gasteiger partial charge on any atom is -0.508 e. The average molecular weight is 787 g/mol. The van der Waals surface area contributed by atoms with E-state index in [0.29, 0.717) is 23.4 Å². The van der Waals surface area contributed by atoms with Gasteiger partial charge in [0.2, 0.25) is 0 Å². The number of aliphatic hydroxyl groups excluding tert-OH is 4. The summed E-state index contributed by atoms with van der Waals surface area (Å²) in [6.07, 6.45) is 8.27. The fourth-order valence-electron chi connectivity index (χ4n) is 10.7. The highest BCUT2D eigenvalue weighted by Crippen LogP contribution is 2.45. The van der Waals surface area contributed by atoms with E-state index in [9.17, 15) is 25.5 Å². The number of hydrogen-bond donors (Lipinski definition) is 5. The first-order valence-corrected chi connectivity index (χ1v) is 20.7. The molecule has 4 aliphatic rings. The zero-order chi connectivity index (χ0) is 40.2. The molecule has 4 aliphatic heterocycles. The molecule has 6 aromatic rings. The van der Waals surface area contributed by atoms with Crippen LogP contribution in [0.25, 0.3) is 43.1 Å². The number of fused-ring (bicyclic) bond motifs is 14. The van der Waals surface area contributed by atoms with Crippen molar-refractivity contribution < 1.29 is 39.7 Å². The van der Waals surface area contributed by atoms with Gasteiger partial charge in [-0.1, -0.05) is 6.42 Å². The van der Waals surface area contributed by atoms with Crippen LogP contribution < -0.4 is 14.2 Å². The van der Waals surface area contributed by atoms with Gasteiger partial charge in [0.25, 0.3) is 0 Å². The molecular formula is C48H54N2O8. The van der Waals surface area contributed by atoms with Crippen molar-refractivity contribution in [3.63, 3.8) is 0 Å². The third-order valence-electron chi connectivity index (χ3n) is 13.6. The van der Waals surface area contributed by atoms with Crippen LogP contribution >= 0.6 is 0 Å². The SMILES string of the molecule is COc1cc2c3c(c4cc(O)c(CO)cc4c2cc1CO)CN1CCCCC1C3.COc1cc2c3c(c4cc(OC)c(CO)cc4c2cc1CO)CN1CCCC1C3. The van der Waals surface area contributed by atoms with Gasteiger partial charge in [-0.15, -0.1) is 0 Å². The quantitative estimate of drug-likeness (QED) is 0.107. The molecule has 10 nitrogen and oxygen atoms in total. The number of aromatic hydroxyl groups is 1. The zero-order valence-corrected chi connectivity index (χ0v) is 33.7. The summed E-state index contributed by atoms with van der Waals surface area (Å²) in [6, 6.07) is 17.2. The number of piperidine rings is 1. The predicted molar refractivity (Wildman–Crippen MR) is 227 cm³/mol. The summed E-state index contributed by atoms with van der Waals surface area (Å²) in [5, 5.41) is 58.6. The van der Waals surface area contributed by atoms with E-state index in [4.69, 9.17) is 14.2 Å². The number of ether oxygens (including phenoxy) is 3. The molecule has 2 saturated heterocycles. The normalized spacial score (nSPS) is 19.1. The third-order valence-corrected chi connectivity index (χ3v) is 13.6. The van der Waals surface area contributed by atoms with E-state index in [2.05, 4.69) is 28.0 Å². The Bertz CT molecular complexity index is 2460. The van der Waals surface area contributed by atoms with Crippen molar-refractivity contribution in [2.75, 3.05) is 34.4 Å². The van der Waals surface area contributed by atoms with Gasteiger partial charge in [-0.3, -0.25) is 9.80 Å². The van der Waals surface area contributed by atoms with Crippen LogP contribution in [0.4, 0.5) is 0 Å². The minimum atomic E-state index is -0.211. The average Bonchev–Trinajstić information content (AvgIpc) is 3.74. The lowest BCUT2D eigenvalue weighted by Gasteiger charge is -2.41. The summed E-state index contributed by atoms with van der Waals surface area (Å²) in [7, 11) is 4.94. The minimum absolute atomic E-state index is 0.0723. The second-order valence-corrected chi connectivity index (χ2v) is 16.5. The van der Waals surface area contributed by atoms with Crippen LogP contribution in [0.5, 0.6) is 23.0 Å². The smallest absolute Gasteiger partial charge is 0.125 e. The van der Waals surface area contributed by atoms with Gasteiger partial charge in [0.15, 0.2) is 0 Å². The lowest BCUT2D eigenvalue weighted by Crippen LogP contribution is -2.43. The maximum absolute atomic E-state index is 10.5. The Morgan fingerprint density at radius 3 is 1.28 bits per heavy atom. The highest BCUT2D eigenvalue weighted by atomic mass is 16.5. The number of benzene rings is 6. The van der Waals surface area contributed by atoms with Crippen LogP contribution in [0.15, 0.2) is 48.5 Å². The second kappa shape index (κ2) is 15.8. The van der Waals surface area contributed by atoms with E-state index in [1.807, 2.05) is 30.3 Å². The Balaban J connectivity index is 0.000000150. The molecule has 6 aromatic carbocycles. The van der Waals surface area contributed by atoms with Crippen molar-refractivity contribution in [1.82, 2.24) is 9.80 Å². The molecule has 4 heterocycles. The molecule has 0 aliphatic carbocycles. The van der Waals surface area contributed by atoms with Crippen molar-refractivity contribution in [3.05, 3.63) is 93.0 Å². The summed E-state index contributed by atoms with van der Waals surface area (Å²) in [5.41, 5.74) is 8.16. The molecule has 0 bridgehead atoms. The van der Waals surface area contributed by atoms with E-state index in [0.717, 1.165) is 99.5 Å². The van der Waals surface area contributed by atoms with Gasteiger partial charge in [0.05, 0.1) is 47.8 Å². The molecule has 2 atom stereocenters. The Morgan fingerprint density at radius 1 is 0.466 bits per heavy atom. The predicted octanol–water partition coefficient (Wildman–Crippen LogP) is 7.12. The van der Waals surface area contributed by atoms with E-state index in [1.165, 1.54) is 65.1 Å². The van der Waals surface area contributed by atoms with E-state index >= 15 is 0 Å². The molecule has 5 N–H and O–H groups in total. The van der Waals surface area contributed by atoms with Crippen LogP contribution in [-0.4, -0.2) is 81.8 Å². The Labute approximate surface area is 338 Å². The molecule has 0 spiro atoms. The number of nitrogens with zero attached hydrogens (tertiary/aromatic N) is 2. The van der Waals surface area contributed by atoms with Crippen LogP contribution in [0.2, 0.25) is 0 Å². The Morgan fingerprint density at radius 2 is 0.845 bits per heavy atom. The summed E-state index contributed by atoms with van der Waals surface area (Å²) < 4.78 is 16.7. The number of methoxy groups -OCH3 is 3. The van der Waals surface area contributed by atoms with Crippen LogP contribution in [0.3, 0.4) is 0 Å². The molecule has 0 aromatic heterocycles. The summed E-state index contributed by atoms with van der Waals surface area (Å²) in [4.78, 5) is 5.17. The van der Waals surface area contributed by atoms with E-state index in [1.54, 1.807) is 21.3 Å². The molecule has 2 unspecified atom stereocenters. The highest BCUT2D eigenvalue weighted by Gasteiger charge is 2.34. The number of phenols is 1. The number of aliphatic hydroxyl groups is 4. The first-order valence-electron chi connectivity index (χ1n) is 20.7. The molecule has 10 heteroatoms. The second-order valence-electron chi connectivity index (χ2n) is 16.5. The maximum atomic E-state index is 10.5. The maximum Gasteiger partial charge on any atom is 0.125 e. The van der Waals surface area contributed by atoms with Gasteiger partial charge < -0.3 is 39.7 Å². The molecule has 304 valence electrons. The number of rotatable bonds is 7. The summed E-state index contributed by atoms with van der Waals surface area (Å²) in [5.74, 6) is 2.29. The number of hydrogen-bond acceptors (Lipinski definition) is 10. The van der Waals surface area contributed by atoms with Crippen molar-refractivity contribution in [2.45, 2.75) is 96.5 Å². The Kier molecular flexibility index (Phi) is 10.6. The molecular weight excluding hydrogens is 733 g/mol. The largest absolute Gasteiger partial charge is 0.508 e. The molecule has 10 rings (SSSR count). The lowest BCUT2D eigenvalue weighted by molar-refractivity contribution is 0.128. The third kappa shape index (κ3) is 6.42. The van der Waals surface area contributed by atoms with E-state index < -0.39 is 0 Å². The van der Waals surface area contributed by atoms with Gasteiger partial charge in [-0.05, 0) is 165 Å². The highest BCUT2D eigenvalue weighted by molar-refractivity contribution is 6.13. The van der Waals surface area contributed by atoms with Crippen molar-refractivity contribution >= 4 is 43.1 Å². The standard InChI is InChI=1S/2C24H27NO4/c1-28-23-9-20-17(6-14(23)12-26)18-7-15(13-27)24(29-2)10-21(18)22-11-25-5-3-4-16(25)8-19(20)22;1-29-24-10-21-18(7-15(24)13-27)17-6-14(12-26)23(28)9-20(17)22-11-25-5-3-2-4-16(25)8-19(21)22/h6-7,9-10,16,26-27H,3-5,8,11-13H2,1-2H3;6-7,9-10,16,26-28H,2-5,8,11-13H2,1H3. The monoisotopic (exact) mass is 786 g/mol. The first kappa shape index (κ1) is 38.8. The van der Waals surface area contributed by atoms with Gasteiger partial charge >= 0.3 is 0 Å². The topological polar surface area (TPSA) is 135 Å². The van der Waals surface area contributed by atoms with Gasteiger partial charge in [-0.2, -0.15) is 0 Å². The molecule has 0 radical (unpaired) electrons. The summed E-state index contributed by atoms with van der Waals surface area (Å²) >= 11 is 0. The molecule has 0 amide bonds. The van der Waals surface area contributed by atoms with Gasteiger partial charge in [-0.25, -0.2) is 0 Å². The molecule has 2 fully saturated rings. The van der Waals surface area contributed by atoms with E-state index in [-0.39, 0.29) is 32.2 Å². The molecule has 58 heavy (non-hydrogen) atoms. The van der Waals surface area contributed by atoms with Crippen LogP contribution in [0.1, 0.15) is 76.6 Å². The van der Waals surface area contributed by atoms with Gasteiger partial charge in [0.1, 0.15) is 23.0 Å². The van der Waals surface area contributed by atoms with Crippen LogP contribution in [-0.2, 0) is 52.4 Å². The van der Waals surface area contributed by atoms with Crippen LogP contribution in [0, 0.1) is 0 Å². The first-order chi connectivity index (χ1) is 28.3. The Hall–Kier alpha value is -4.68. The molecule has 0 saturated carbocycles. The summed E-state index contributed by atoms with van der Waals surface area (Å²) in [6.45, 7) is 3.65. The lowest BCUT2D eigenvalue weighted by atomic mass is 9.82. The zero-order valence-electron chi connectivity index (χ0n) is 33.7. The van der Waals surface area contributed by atoms with Crippen molar-refractivity contribution in [1.29, 1.82) is 0 Å². The fraction of sp³-hybridized carbons (Fsp3) is 0.417. The van der Waals surface area contributed by atoms with Gasteiger partial charge in [0, 0.05) is 47.4 Å². The van der Waals surface area contributed by atoms with Crippen molar-refractivity contribution in [2.24, 2.45) is 0 Å². The fourth-order valence-corrected chi connectivity index (χ4v) is 10.7. The van der Waals surface area contributed by atoms with Crippen molar-refractivity contribution in [3.8, 4) is 23.0 Å².